The molecule has 1 amide bonds. The second-order valence-corrected chi connectivity index (χ2v) is 6.25. The molecule has 2 aromatic rings. The normalized spacial score (nSPS) is 12.8. The Morgan fingerprint density at radius 1 is 1.10 bits per heavy atom. The quantitative estimate of drug-likeness (QED) is 0.680. The van der Waals surface area contributed by atoms with Gasteiger partial charge in [-0.3, -0.25) is 4.79 Å². The fourth-order valence-electron chi connectivity index (χ4n) is 2.74. The van der Waals surface area contributed by atoms with E-state index in [1.807, 2.05) is 13.0 Å². The summed E-state index contributed by atoms with van der Waals surface area (Å²) >= 11 is 0. The maximum absolute atomic E-state index is 12.4. The van der Waals surface area contributed by atoms with Crippen LogP contribution in [0.25, 0.3) is 0 Å². The molecule has 8 heteroatoms. The van der Waals surface area contributed by atoms with E-state index in [1.165, 1.54) is 20.1 Å². The number of carbonyl (C=O) groups excluding carboxylic acids is 2. The van der Waals surface area contributed by atoms with Crippen molar-refractivity contribution in [2.75, 3.05) is 20.5 Å². The van der Waals surface area contributed by atoms with Crippen LogP contribution in [0.1, 0.15) is 29.8 Å². The number of rotatable bonds is 8. The molecular weight excluding hydrogens is 378 g/mol. The summed E-state index contributed by atoms with van der Waals surface area (Å²) in [6.07, 6.45) is -0.964. The summed E-state index contributed by atoms with van der Waals surface area (Å²) in [7, 11) is 1.52. The Labute approximate surface area is 168 Å². The molecule has 0 fully saturated rings. The zero-order valence-corrected chi connectivity index (χ0v) is 16.5. The molecule has 0 aliphatic carbocycles. The Bertz CT molecular complexity index is 897. The minimum Gasteiger partial charge on any atom is -0.493 e. The molecule has 29 heavy (non-hydrogen) atoms. The molecule has 0 bridgehead atoms. The van der Waals surface area contributed by atoms with Gasteiger partial charge in [-0.1, -0.05) is 6.07 Å². The van der Waals surface area contributed by atoms with Crippen molar-refractivity contribution in [2.24, 2.45) is 0 Å². The van der Waals surface area contributed by atoms with Gasteiger partial charge in [-0.05, 0) is 49.7 Å². The van der Waals surface area contributed by atoms with E-state index in [9.17, 15) is 9.59 Å². The number of benzene rings is 2. The summed E-state index contributed by atoms with van der Waals surface area (Å²) in [5.41, 5.74) is 1.11. The second-order valence-electron chi connectivity index (χ2n) is 6.25. The van der Waals surface area contributed by atoms with Crippen LogP contribution in [-0.2, 0) is 16.1 Å². The predicted molar refractivity (Wildman–Crippen MR) is 103 cm³/mol. The van der Waals surface area contributed by atoms with Gasteiger partial charge in [0.1, 0.15) is 0 Å². The van der Waals surface area contributed by atoms with E-state index in [0.29, 0.717) is 29.6 Å². The lowest BCUT2D eigenvalue weighted by molar-refractivity contribution is -0.129. The standard InChI is InChI=1S/C21H23NO7/c1-4-26-19-10-15(6-8-16(19)25-3)21(24)29-13(2)20(23)22-11-14-5-7-17-18(9-14)28-12-27-17/h5-10,13H,4,11-12H2,1-3H3,(H,22,23)/t13-/m1/s1. The van der Waals surface area contributed by atoms with Crippen LogP contribution in [0, 0.1) is 0 Å². The lowest BCUT2D eigenvalue weighted by atomic mass is 10.2. The van der Waals surface area contributed by atoms with Gasteiger partial charge in [-0.2, -0.15) is 0 Å². The molecule has 0 saturated heterocycles. The topological polar surface area (TPSA) is 92.3 Å². The SMILES string of the molecule is CCOc1cc(C(=O)O[C@H](C)C(=O)NCc2ccc3c(c2)OCO3)ccc1OC. The highest BCUT2D eigenvalue weighted by atomic mass is 16.7. The molecule has 8 nitrogen and oxygen atoms in total. The van der Waals surface area contributed by atoms with Gasteiger partial charge in [0, 0.05) is 6.54 Å². The largest absolute Gasteiger partial charge is 0.493 e. The zero-order chi connectivity index (χ0) is 20.8. The molecule has 3 rings (SSSR count). The maximum atomic E-state index is 12.4. The van der Waals surface area contributed by atoms with Gasteiger partial charge in [-0.15, -0.1) is 0 Å². The Morgan fingerprint density at radius 2 is 1.90 bits per heavy atom. The van der Waals surface area contributed by atoms with Crippen molar-refractivity contribution in [1.82, 2.24) is 5.32 Å². The van der Waals surface area contributed by atoms with Gasteiger partial charge in [0.15, 0.2) is 29.1 Å². The van der Waals surface area contributed by atoms with Gasteiger partial charge >= 0.3 is 5.97 Å². The van der Waals surface area contributed by atoms with Crippen molar-refractivity contribution in [1.29, 1.82) is 0 Å². The molecule has 1 heterocycles. The summed E-state index contributed by atoms with van der Waals surface area (Å²) < 4.78 is 26.5. The first-order chi connectivity index (χ1) is 14.0. The van der Waals surface area contributed by atoms with Gasteiger partial charge in [0.05, 0.1) is 19.3 Å². The number of carbonyl (C=O) groups is 2. The van der Waals surface area contributed by atoms with Crippen molar-refractivity contribution in [3.05, 3.63) is 47.5 Å². The highest BCUT2D eigenvalue weighted by molar-refractivity contribution is 5.92. The van der Waals surface area contributed by atoms with Gasteiger partial charge in [0.25, 0.3) is 5.91 Å². The zero-order valence-electron chi connectivity index (χ0n) is 16.5. The molecule has 1 aliphatic rings. The first-order valence-electron chi connectivity index (χ1n) is 9.20. The van der Waals surface area contributed by atoms with Gasteiger partial charge < -0.3 is 29.0 Å². The average molecular weight is 401 g/mol. The average Bonchev–Trinajstić information content (AvgIpc) is 3.20. The summed E-state index contributed by atoms with van der Waals surface area (Å²) in [6, 6.07) is 10.1. The van der Waals surface area contributed by atoms with E-state index in [0.717, 1.165) is 5.56 Å². The van der Waals surface area contributed by atoms with E-state index in [-0.39, 0.29) is 18.9 Å². The third kappa shape index (κ3) is 4.90. The van der Waals surface area contributed by atoms with Crippen LogP contribution in [0.2, 0.25) is 0 Å². The van der Waals surface area contributed by atoms with Crippen LogP contribution in [0.4, 0.5) is 0 Å². The number of amides is 1. The van der Waals surface area contributed by atoms with Crippen LogP contribution in [-0.4, -0.2) is 38.5 Å². The molecule has 154 valence electrons. The summed E-state index contributed by atoms with van der Waals surface area (Å²) in [4.78, 5) is 24.7. The highest BCUT2D eigenvalue weighted by Gasteiger charge is 2.20. The van der Waals surface area contributed by atoms with Crippen molar-refractivity contribution < 1.29 is 33.3 Å². The van der Waals surface area contributed by atoms with E-state index < -0.39 is 18.0 Å². The van der Waals surface area contributed by atoms with E-state index in [1.54, 1.807) is 24.3 Å². The molecule has 1 N–H and O–H groups in total. The Kier molecular flexibility index (Phi) is 6.43. The Balaban J connectivity index is 1.56. The Morgan fingerprint density at radius 3 is 2.66 bits per heavy atom. The van der Waals surface area contributed by atoms with Crippen LogP contribution >= 0.6 is 0 Å². The summed E-state index contributed by atoms with van der Waals surface area (Å²) in [5.74, 6) is 1.23. The van der Waals surface area contributed by atoms with Crippen molar-refractivity contribution in [3.63, 3.8) is 0 Å². The number of hydrogen-bond acceptors (Lipinski definition) is 7. The Hall–Kier alpha value is -3.42. The number of methoxy groups -OCH3 is 1. The molecular formula is C21H23NO7. The number of hydrogen-bond donors (Lipinski definition) is 1. The highest BCUT2D eigenvalue weighted by Crippen LogP contribution is 2.32. The lowest BCUT2D eigenvalue weighted by Crippen LogP contribution is -2.35. The van der Waals surface area contributed by atoms with Crippen LogP contribution in [0.3, 0.4) is 0 Å². The first-order valence-corrected chi connectivity index (χ1v) is 9.20. The van der Waals surface area contributed by atoms with E-state index >= 15 is 0 Å². The molecule has 0 unspecified atom stereocenters. The monoisotopic (exact) mass is 401 g/mol. The number of esters is 1. The van der Waals surface area contributed by atoms with Gasteiger partial charge in [0.2, 0.25) is 6.79 Å². The van der Waals surface area contributed by atoms with Gasteiger partial charge in [-0.25, -0.2) is 4.79 Å². The minimum absolute atomic E-state index is 0.189. The van der Waals surface area contributed by atoms with Crippen molar-refractivity contribution in [3.8, 4) is 23.0 Å². The molecule has 1 atom stereocenters. The molecule has 0 spiro atoms. The smallest absolute Gasteiger partial charge is 0.339 e. The molecule has 1 aliphatic heterocycles. The van der Waals surface area contributed by atoms with Crippen LogP contribution < -0.4 is 24.3 Å². The maximum Gasteiger partial charge on any atom is 0.339 e. The summed E-state index contributed by atoms with van der Waals surface area (Å²) in [6.45, 7) is 4.23. The third-order valence-corrected chi connectivity index (χ3v) is 4.26. The van der Waals surface area contributed by atoms with Crippen LogP contribution in [0.5, 0.6) is 23.0 Å². The number of nitrogens with one attached hydrogen (secondary N) is 1. The predicted octanol–water partition coefficient (Wildman–Crippen LogP) is 2.68. The molecule has 2 aromatic carbocycles. The lowest BCUT2D eigenvalue weighted by Gasteiger charge is -2.15. The number of fused-ring (bicyclic) bond motifs is 1. The van der Waals surface area contributed by atoms with Crippen LogP contribution in [0.15, 0.2) is 36.4 Å². The van der Waals surface area contributed by atoms with Crippen molar-refractivity contribution in [2.45, 2.75) is 26.5 Å². The van der Waals surface area contributed by atoms with E-state index in [2.05, 4.69) is 5.32 Å². The number of ether oxygens (including phenoxy) is 5. The first kappa shape index (κ1) is 20.3. The van der Waals surface area contributed by atoms with E-state index in [4.69, 9.17) is 23.7 Å². The summed E-state index contributed by atoms with van der Waals surface area (Å²) in [5, 5.41) is 2.74. The fourth-order valence-corrected chi connectivity index (χ4v) is 2.74. The third-order valence-electron chi connectivity index (χ3n) is 4.26. The molecule has 0 aromatic heterocycles. The fraction of sp³-hybridized carbons (Fsp3) is 0.333. The minimum atomic E-state index is -0.964. The van der Waals surface area contributed by atoms with Crippen molar-refractivity contribution >= 4 is 11.9 Å². The second kappa shape index (κ2) is 9.18. The molecule has 0 radical (unpaired) electrons. The molecule has 0 saturated carbocycles.